The van der Waals surface area contributed by atoms with E-state index < -0.39 is 0 Å². The zero-order valence-electron chi connectivity index (χ0n) is 7.65. The maximum atomic E-state index is 8.77. The first-order chi connectivity index (χ1) is 6.83. The van der Waals surface area contributed by atoms with Gasteiger partial charge in [0.1, 0.15) is 0 Å². The van der Waals surface area contributed by atoms with Crippen molar-refractivity contribution in [2.45, 2.75) is 12.8 Å². The Morgan fingerprint density at radius 2 is 2.36 bits per heavy atom. The lowest BCUT2D eigenvalue weighted by molar-refractivity contribution is 0.289. The van der Waals surface area contributed by atoms with Crippen LogP contribution in [-0.2, 0) is 6.42 Å². The van der Waals surface area contributed by atoms with Gasteiger partial charge in [-0.3, -0.25) is 0 Å². The third-order valence-electron chi connectivity index (χ3n) is 2.17. The second-order valence-electron chi connectivity index (χ2n) is 3.15. The summed E-state index contributed by atoms with van der Waals surface area (Å²) in [6, 6.07) is 3.94. The van der Waals surface area contributed by atoms with Crippen LogP contribution in [0.5, 0.6) is 0 Å². The lowest BCUT2D eigenvalue weighted by atomic mass is 10.1. The molecule has 0 saturated heterocycles. The highest BCUT2D eigenvalue weighted by molar-refractivity contribution is 9.10. The molecule has 0 amide bonds. The summed E-state index contributed by atoms with van der Waals surface area (Å²) in [6.07, 6.45) is 5.42. The molecule has 0 aliphatic carbocycles. The molecule has 4 heteroatoms. The van der Waals surface area contributed by atoms with Gasteiger partial charge >= 0.3 is 0 Å². The first kappa shape index (κ1) is 9.68. The van der Waals surface area contributed by atoms with Gasteiger partial charge < -0.3 is 5.11 Å². The molecule has 0 bridgehead atoms. The summed E-state index contributed by atoms with van der Waals surface area (Å²) in [5.41, 5.74) is 2.27. The number of aliphatic hydroxyl groups excluding tert-OH is 1. The molecule has 2 aromatic rings. The Labute approximate surface area is 90.5 Å². The summed E-state index contributed by atoms with van der Waals surface area (Å²) in [7, 11) is 0. The lowest BCUT2D eigenvalue weighted by Crippen LogP contribution is -1.90. The zero-order chi connectivity index (χ0) is 9.97. The number of halogens is 1. The largest absolute Gasteiger partial charge is 0.396 e. The fourth-order valence-corrected chi connectivity index (χ4v) is 2.10. The number of aliphatic hydroxyl groups is 1. The Morgan fingerprint density at radius 3 is 3.14 bits per heavy atom. The van der Waals surface area contributed by atoms with Crippen LogP contribution in [0.1, 0.15) is 12.0 Å². The number of aromatic nitrogens is 2. The van der Waals surface area contributed by atoms with Crippen LogP contribution in [0.3, 0.4) is 0 Å². The van der Waals surface area contributed by atoms with Gasteiger partial charge in [0.25, 0.3) is 0 Å². The summed E-state index contributed by atoms with van der Waals surface area (Å²) in [6.45, 7) is 0.224. The highest BCUT2D eigenvalue weighted by Gasteiger charge is 2.06. The highest BCUT2D eigenvalue weighted by Crippen LogP contribution is 2.21. The Morgan fingerprint density at radius 1 is 1.50 bits per heavy atom. The van der Waals surface area contributed by atoms with Crippen LogP contribution >= 0.6 is 15.9 Å². The molecule has 0 spiro atoms. The molecule has 0 saturated carbocycles. The number of hydrogen-bond donors (Lipinski definition) is 1. The highest BCUT2D eigenvalue weighted by atomic mass is 79.9. The topological polar surface area (TPSA) is 37.5 Å². The summed E-state index contributed by atoms with van der Waals surface area (Å²) in [5.74, 6) is 0. The molecule has 0 aliphatic heterocycles. The van der Waals surface area contributed by atoms with Crippen molar-refractivity contribution in [2.24, 2.45) is 0 Å². The Hall–Kier alpha value is -0.870. The molecule has 3 nitrogen and oxygen atoms in total. The van der Waals surface area contributed by atoms with Crippen LogP contribution in [0.15, 0.2) is 29.0 Å². The molecular weight excluding hydrogens is 244 g/mol. The normalized spacial score (nSPS) is 11.0. The molecular formula is C10H11BrN2O. The molecule has 0 aliphatic rings. The van der Waals surface area contributed by atoms with E-state index in [1.807, 2.05) is 29.0 Å². The van der Waals surface area contributed by atoms with Gasteiger partial charge in [0, 0.05) is 17.3 Å². The summed E-state index contributed by atoms with van der Waals surface area (Å²) in [4.78, 5) is 0. The van der Waals surface area contributed by atoms with Crippen molar-refractivity contribution in [2.75, 3.05) is 6.61 Å². The number of pyridine rings is 1. The Bertz CT molecular complexity index is 439. The van der Waals surface area contributed by atoms with E-state index in [2.05, 4.69) is 21.0 Å². The lowest BCUT2D eigenvalue weighted by Gasteiger charge is -1.99. The second-order valence-corrected chi connectivity index (χ2v) is 4.00. The van der Waals surface area contributed by atoms with E-state index >= 15 is 0 Å². The van der Waals surface area contributed by atoms with Gasteiger partial charge in [-0.25, -0.2) is 4.52 Å². The molecule has 0 atom stereocenters. The van der Waals surface area contributed by atoms with E-state index in [9.17, 15) is 0 Å². The van der Waals surface area contributed by atoms with Crippen molar-refractivity contribution in [1.29, 1.82) is 0 Å². The first-order valence-electron chi connectivity index (χ1n) is 4.54. The van der Waals surface area contributed by atoms with Crippen LogP contribution in [0.4, 0.5) is 0 Å². The number of hydrogen-bond acceptors (Lipinski definition) is 2. The van der Waals surface area contributed by atoms with Crippen molar-refractivity contribution in [3.63, 3.8) is 0 Å². The van der Waals surface area contributed by atoms with E-state index in [0.717, 1.165) is 22.8 Å². The minimum absolute atomic E-state index is 0.224. The van der Waals surface area contributed by atoms with Gasteiger partial charge in [-0.05, 0) is 46.5 Å². The minimum atomic E-state index is 0.224. The van der Waals surface area contributed by atoms with E-state index in [1.165, 1.54) is 5.56 Å². The fraction of sp³-hybridized carbons (Fsp3) is 0.300. The summed E-state index contributed by atoms with van der Waals surface area (Å²) >= 11 is 3.50. The van der Waals surface area contributed by atoms with Crippen molar-refractivity contribution in [3.05, 3.63) is 34.6 Å². The zero-order valence-corrected chi connectivity index (χ0v) is 9.24. The molecule has 0 radical (unpaired) electrons. The van der Waals surface area contributed by atoms with Gasteiger partial charge in [0.2, 0.25) is 0 Å². The third-order valence-corrected chi connectivity index (χ3v) is 2.81. The van der Waals surface area contributed by atoms with Gasteiger partial charge in [-0.1, -0.05) is 0 Å². The van der Waals surface area contributed by atoms with Gasteiger partial charge in [-0.15, -0.1) is 0 Å². The van der Waals surface area contributed by atoms with E-state index in [4.69, 9.17) is 5.11 Å². The standard InChI is InChI=1S/C10H11BrN2O/c11-9-4-1-5-13-10(9)8(7-12-13)3-2-6-14/h1,4-5,7,14H,2-3,6H2. The van der Waals surface area contributed by atoms with Crippen LogP contribution in [0.2, 0.25) is 0 Å². The van der Waals surface area contributed by atoms with Crippen LogP contribution < -0.4 is 0 Å². The van der Waals surface area contributed by atoms with Crippen LogP contribution in [-0.4, -0.2) is 21.3 Å². The molecule has 2 heterocycles. The second kappa shape index (κ2) is 4.11. The first-order valence-corrected chi connectivity index (χ1v) is 5.34. The smallest absolute Gasteiger partial charge is 0.0835 e. The number of nitrogens with zero attached hydrogens (tertiary/aromatic N) is 2. The average molecular weight is 255 g/mol. The molecule has 2 aromatic heterocycles. The maximum absolute atomic E-state index is 8.77. The van der Waals surface area contributed by atoms with Crippen LogP contribution in [0, 0.1) is 0 Å². The molecule has 1 N–H and O–H groups in total. The Kier molecular flexibility index (Phi) is 2.84. The average Bonchev–Trinajstić information content (AvgIpc) is 2.59. The molecule has 0 fully saturated rings. The molecule has 74 valence electrons. The third kappa shape index (κ3) is 1.67. The van der Waals surface area contributed by atoms with E-state index in [1.54, 1.807) is 0 Å². The van der Waals surface area contributed by atoms with Crippen LogP contribution in [0.25, 0.3) is 5.52 Å². The number of rotatable bonds is 3. The molecule has 0 unspecified atom stereocenters. The van der Waals surface area contributed by atoms with Crippen molar-refractivity contribution < 1.29 is 5.11 Å². The van der Waals surface area contributed by atoms with E-state index in [0.29, 0.717) is 0 Å². The predicted molar refractivity (Wildman–Crippen MR) is 58.3 cm³/mol. The van der Waals surface area contributed by atoms with Gasteiger partial charge in [0.05, 0.1) is 11.7 Å². The van der Waals surface area contributed by atoms with Gasteiger partial charge in [0.15, 0.2) is 0 Å². The monoisotopic (exact) mass is 254 g/mol. The summed E-state index contributed by atoms with van der Waals surface area (Å²) < 4.78 is 2.89. The van der Waals surface area contributed by atoms with Crippen molar-refractivity contribution >= 4 is 21.4 Å². The van der Waals surface area contributed by atoms with Crippen molar-refractivity contribution in [1.82, 2.24) is 9.61 Å². The summed E-state index contributed by atoms with van der Waals surface area (Å²) in [5, 5.41) is 13.0. The molecule has 14 heavy (non-hydrogen) atoms. The number of fused-ring (bicyclic) bond motifs is 1. The minimum Gasteiger partial charge on any atom is -0.396 e. The number of aryl methyl sites for hydroxylation is 1. The van der Waals surface area contributed by atoms with Crippen molar-refractivity contribution in [3.8, 4) is 0 Å². The Balaban J connectivity index is 2.45. The molecule has 0 aromatic carbocycles. The fourth-order valence-electron chi connectivity index (χ4n) is 1.51. The molecule has 2 rings (SSSR count). The maximum Gasteiger partial charge on any atom is 0.0835 e. The predicted octanol–water partition coefficient (Wildman–Crippen LogP) is 2.02. The quantitative estimate of drug-likeness (QED) is 0.911. The SMILES string of the molecule is OCCCc1cnn2cccc(Br)c12. The van der Waals surface area contributed by atoms with E-state index in [-0.39, 0.29) is 6.61 Å². The van der Waals surface area contributed by atoms with Gasteiger partial charge in [-0.2, -0.15) is 5.10 Å².